The molecule has 2 aromatic carbocycles. The van der Waals surface area contributed by atoms with E-state index in [2.05, 4.69) is 14.6 Å². The minimum atomic E-state index is -0.471. The first-order valence-corrected chi connectivity index (χ1v) is 10.5. The van der Waals surface area contributed by atoms with E-state index in [0.717, 1.165) is 60.2 Å². The molecule has 1 fully saturated rings. The number of aromatic nitrogens is 1. The van der Waals surface area contributed by atoms with Crippen LogP contribution in [0.25, 0.3) is 10.1 Å². The van der Waals surface area contributed by atoms with Gasteiger partial charge < -0.3 is 10.1 Å². The third-order valence-electron chi connectivity index (χ3n) is 4.83. The van der Waals surface area contributed by atoms with Gasteiger partial charge in [0.1, 0.15) is 0 Å². The van der Waals surface area contributed by atoms with Gasteiger partial charge in [-0.25, -0.2) is 0 Å². The highest BCUT2D eigenvalue weighted by molar-refractivity contribution is 7.12. The quantitative estimate of drug-likeness (QED) is 0.674. The summed E-state index contributed by atoms with van der Waals surface area (Å²) in [5.74, 6) is -0.471. The highest BCUT2D eigenvalue weighted by Gasteiger charge is 2.16. The molecule has 1 N–H and O–H groups in total. The Kier molecular flexibility index (Phi) is 6.20. The van der Waals surface area contributed by atoms with Crippen molar-refractivity contribution in [3.8, 4) is 0 Å². The average Bonchev–Trinajstić information content (AvgIpc) is 2.74. The number of benzene rings is 2. The second-order valence-corrected chi connectivity index (χ2v) is 8.13. The van der Waals surface area contributed by atoms with Crippen LogP contribution in [0.5, 0.6) is 0 Å². The van der Waals surface area contributed by atoms with Crippen molar-refractivity contribution in [3.05, 3.63) is 74.5 Å². The number of hydrogen-bond acceptors (Lipinski definition) is 6. The van der Waals surface area contributed by atoms with Crippen molar-refractivity contribution >= 4 is 39.1 Å². The fourth-order valence-electron chi connectivity index (χ4n) is 3.23. The summed E-state index contributed by atoms with van der Waals surface area (Å²) < 4.78 is 10.3. The van der Waals surface area contributed by atoms with Gasteiger partial charge in [0.25, 0.3) is 5.91 Å². The Labute approximate surface area is 177 Å². The molecular formula is C21H20ClN3O3S. The molecule has 0 aliphatic carbocycles. The van der Waals surface area contributed by atoms with Gasteiger partial charge in [0.15, 0.2) is 5.69 Å². The molecule has 6 nitrogen and oxygen atoms in total. The summed E-state index contributed by atoms with van der Waals surface area (Å²) in [6, 6.07) is 13.0. The summed E-state index contributed by atoms with van der Waals surface area (Å²) in [6.45, 7) is 4.26. The van der Waals surface area contributed by atoms with Crippen molar-refractivity contribution in [2.45, 2.75) is 13.1 Å². The molecule has 4 rings (SSSR count). The summed E-state index contributed by atoms with van der Waals surface area (Å²) in [5, 5.41) is 3.93. The third-order valence-corrected chi connectivity index (χ3v) is 5.91. The molecule has 0 radical (unpaired) electrons. The average molecular weight is 430 g/mol. The molecule has 150 valence electrons. The van der Waals surface area contributed by atoms with Gasteiger partial charge in [-0.05, 0) is 46.9 Å². The number of carbonyl (C=O) groups is 1. The van der Waals surface area contributed by atoms with Gasteiger partial charge in [0, 0.05) is 36.6 Å². The Morgan fingerprint density at radius 3 is 2.62 bits per heavy atom. The van der Waals surface area contributed by atoms with Crippen LogP contribution in [0.3, 0.4) is 0 Å². The van der Waals surface area contributed by atoms with E-state index in [1.54, 1.807) is 12.1 Å². The molecule has 0 bridgehead atoms. The first kappa shape index (κ1) is 20.0. The molecule has 0 unspecified atom stereocenters. The number of morpholine rings is 1. The summed E-state index contributed by atoms with van der Waals surface area (Å²) in [6.07, 6.45) is 0. The number of nitrogens with one attached hydrogen (secondary N) is 1. The van der Waals surface area contributed by atoms with Crippen LogP contribution >= 0.6 is 23.1 Å². The maximum absolute atomic E-state index is 12.9. The van der Waals surface area contributed by atoms with Crippen LogP contribution in [0, 0.1) is 0 Å². The number of ether oxygens (including phenoxy) is 1. The fourth-order valence-corrected chi connectivity index (χ4v) is 4.09. The summed E-state index contributed by atoms with van der Waals surface area (Å²) in [5.41, 5.74) is 1.53. The van der Waals surface area contributed by atoms with Gasteiger partial charge in [0.05, 0.1) is 17.9 Å². The number of hydrogen-bond donors (Lipinski definition) is 1. The highest BCUT2D eigenvalue weighted by atomic mass is 35.5. The standard InChI is InChI=1S/C21H20ClN3O3S/c22-16-4-1-14(2-5-16)12-23-21(27)19-20(26)17-11-15(3-6-18(17)29-24-19)13-25-7-9-28-10-8-25/h1-6,11H,7-10,12-13H2,(H,23,27). The highest BCUT2D eigenvalue weighted by Crippen LogP contribution is 2.18. The smallest absolute Gasteiger partial charge is 0.275 e. The van der Waals surface area contributed by atoms with Crippen LogP contribution < -0.4 is 10.7 Å². The molecule has 2 heterocycles. The van der Waals surface area contributed by atoms with E-state index >= 15 is 0 Å². The van der Waals surface area contributed by atoms with Gasteiger partial charge in [0.2, 0.25) is 5.43 Å². The molecule has 0 spiro atoms. The second-order valence-electron chi connectivity index (χ2n) is 6.89. The summed E-state index contributed by atoms with van der Waals surface area (Å²) in [4.78, 5) is 27.7. The third kappa shape index (κ3) is 4.82. The zero-order valence-corrected chi connectivity index (χ0v) is 17.3. The molecular weight excluding hydrogens is 410 g/mol. The normalized spacial score (nSPS) is 14.8. The molecule has 1 saturated heterocycles. The molecule has 0 saturated carbocycles. The molecule has 1 aliphatic rings. The molecule has 0 atom stereocenters. The molecule has 29 heavy (non-hydrogen) atoms. The van der Waals surface area contributed by atoms with Crippen LogP contribution in [-0.2, 0) is 17.8 Å². The van der Waals surface area contributed by atoms with E-state index in [9.17, 15) is 9.59 Å². The van der Waals surface area contributed by atoms with E-state index < -0.39 is 5.91 Å². The van der Waals surface area contributed by atoms with Gasteiger partial charge >= 0.3 is 0 Å². The van der Waals surface area contributed by atoms with Crippen molar-refractivity contribution in [2.24, 2.45) is 0 Å². The Morgan fingerprint density at radius 1 is 1.14 bits per heavy atom. The molecule has 3 aromatic rings. The van der Waals surface area contributed by atoms with Crippen LogP contribution in [0.1, 0.15) is 21.6 Å². The summed E-state index contributed by atoms with van der Waals surface area (Å²) >= 11 is 7.04. The van der Waals surface area contributed by atoms with Crippen LogP contribution in [0.4, 0.5) is 0 Å². The molecule has 1 amide bonds. The molecule has 8 heteroatoms. The van der Waals surface area contributed by atoms with Crippen molar-refractivity contribution in [2.75, 3.05) is 26.3 Å². The lowest BCUT2D eigenvalue weighted by molar-refractivity contribution is 0.0342. The number of nitrogens with zero attached hydrogens (tertiary/aromatic N) is 2. The minimum absolute atomic E-state index is 0.0695. The Morgan fingerprint density at radius 2 is 1.86 bits per heavy atom. The Hall–Kier alpha value is -2.32. The SMILES string of the molecule is O=C(NCc1ccc(Cl)cc1)c1nsc2ccc(CN3CCOCC3)cc2c1=O. The lowest BCUT2D eigenvalue weighted by atomic mass is 10.1. The predicted molar refractivity (Wildman–Crippen MR) is 115 cm³/mol. The van der Waals surface area contributed by atoms with Crippen LogP contribution in [0.15, 0.2) is 47.3 Å². The van der Waals surface area contributed by atoms with Crippen molar-refractivity contribution in [3.63, 3.8) is 0 Å². The van der Waals surface area contributed by atoms with E-state index in [1.165, 1.54) is 0 Å². The van der Waals surface area contributed by atoms with Crippen molar-refractivity contribution in [1.82, 2.24) is 14.6 Å². The Bertz CT molecular complexity index is 1080. The largest absolute Gasteiger partial charge is 0.379 e. The van der Waals surface area contributed by atoms with Crippen molar-refractivity contribution < 1.29 is 9.53 Å². The number of halogens is 1. The first-order chi connectivity index (χ1) is 14.1. The van der Waals surface area contributed by atoms with Gasteiger partial charge in [-0.2, -0.15) is 4.37 Å². The van der Waals surface area contributed by atoms with Crippen LogP contribution in [0.2, 0.25) is 5.02 Å². The zero-order chi connectivity index (χ0) is 20.2. The maximum atomic E-state index is 12.9. The van der Waals surface area contributed by atoms with Gasteiger partial charge in [-0.3, -0.25) is 14.5 Å². The topological polar surface area (TPSA) is 71.5 Å². The van der Waals surface area contributed by atoms with Gasteiger partial charge in [-0.1, -0.05) is 29.8 Å². The molecule has 1 aromatic heterocycles. The zero-order valence-electron chi connectivity index (χ0n) is 15.7. The number of amides is 1. The number of rotatable bonds is 5. The lowest BCUT2D eigenvalue weighted by Crippen LogP contribution is -2.35. The monoisotopic (exact) mass is 429 g/mol. The number of carbonyl (C=O) groups excluding carboxylic acids is 1. The fraction of sp³-hybridized carbons (Fsp3) is 0.286. The maximum Gasteiger partial charge on any atom is 0.275 e. The van der Waals surface area contributed by atoms with Crippen LogP contribution in [-0.4, -0.2) is 41.5 Å². The predicted octanol–water partition coefficient (Wildman–Crippen LogP) is 3.07. The van der Waals surface area contributed by atoms with Crippen molar-refractivity contribution in [1.29, 1.82) is 0 Å². The van der Waals surface area contributed by atoms with E-state index in [4.69, 9.17) is 16.3 Å². The van der Waals surface area contributed by atoms with E-state index in [-0.39, 0.29) is 11.1 Å². The lowest BCUT2D eigenvalue weighted by Gasteiger charge is -2.26. The molecule has 1 aliphatic heterocycles. The second kappa shape index (κ2) is 9.00. The van der Waals surface area contributed by atoms with E-state index in [0.29, 0.717) is 17.0 Å². The summed E-state index contributed by atoms with van der Waals surface area (Å²) in [7, 11) is 0. The van der Waals surface area contributed by atoms with E-state index in [1.807, 2.05) is 30.3 Å². The first-order valence-electron chi connectivity index (χ1n) is 9.35. The Balaban J connectivity index is 1.52. The number of fused-ring (bicyclic) bond motifs is 1. The minimum Gasteiger partial charge on any atom is -0.379 e. The van der Waals surface area contributed by atoms with Gasteiger partial charge in [-0.15, -0.1) is 0 Å².